The van der Waals surface area contributed by atoms with E-state index in [0.717, 1.165) is 11.3 Å². The molecular weight excluding hydrogens is 321 g/mol. The van der Waals surface area contributed by atoms with E-state index in [1.165, 1.54) is 13.2 Å². The minimum atomic E-state index is -3.71. The van der Waals surface area contributed by atoms with Gasteiger partial charge >= 0.3 is 5.97 Å². The van der Waals surface area contributed by atoms with Gasteiger partial charge in [-0.2, -0.15) is 0 Å². The number of carbonyl (C=O) groups excluding carboxylic acids is 1. The van der Waals surface area contributed by atoms with Crippen molar-refractivity contribution in [2.45, 2.75) is 16.5 Å². The number of alkyl halides is 1. The van der Waals surface area contributed by atoms with Crippen molar-refractivity contribution in [3.05, 3.63) is 16.0 Å². The Morgan fingerprint density at radius 2 is 2.22 bits per heavy atom. The Kier molecular flexibility index (Phi) is 5.42. The third kappa shape index (κ3) is 3.83. The molecular formula is C9H11Cl2NO4S2. The van der Waals surface area contributed by atoms with Crippen LogP contribution in [0, 0.1) is 6.92 Å². The number of esters is 1. The largest absolute Gasteiger partial charge is 0.468 e. The van der Waals surface area contributed by atoms with Gasteiger partial charge in [0, 0.05) is 6.54 Å². The van der Waals surface area contributed by atoms with Gasteiger partial charge < -0.3 is 4.74 Å². The summed E-state index contributed by atoms with van der Waals surface area (Å²) in [5.41, 5.74) is 0.678. The maximum absolute atomic E-state index is 11.8. The summed E-state index contributed by atoms with van der Waals surface area (Å²) in [4.78, 5) is 11.0. The standard InChI is InChI=1S/C9H11Cl2NO4S2/c1-5-3-7(17-8(5)11)18(14,15)12-4-6(10)9(13)16-2/h3,6,12H,4H2,1-2H3. The van der Waals surface area contributed by atoms with Gasteiger partial charge in [-0.25, -0.2) is 13.1 Å². The molecule has 0 spiro atoms. The lowest BCUT2D eigenvalue weighted by Crippen LogP contribution is -2.33. The van der Waals surface area contributed by atoms with Gasteiger partial charge in [-0.15, -0.1) is 22.9 Å². The van der Waals surface area contributed by atoms with Crippen molar-refractivity contribution in [2.24, 2.45) is 0 Å². The molecule has 0 aromatic carbocycles. The van der Waals surface area contributed by atoms with Crippen LogP contribution in [0.5, 0.6) is 0 Å². The molecule has 1 aromatic heterocycles. The molecule has 1 rings (SSSR count). The molecule has 0 saturated heterocycles. The Labute approximate surface area is 119 Å². The van der Waals surface area contributed by atoms with Gasteiger partial charge in [-0.3, -0.25) is 4.79 Å². The Hall–Kier alpha value is -0.340. The van der Waals surface area contributed by atoms with E-state index in [0.29, 0.717) is 9.90 Å². The zero-order valence-corrected chi connectivity index (χ0v) is 12.7. The van der Waals surface area contributed by atoms with Crippen LogP contribution < -0.4 is 4.72 Å². The lowest BCUT2D eigenvalue weighted by Gasteiger charge is -2.08. The minimum absolute atomic E-state index is 0.0822. The number of hydrogen-bond donors (Lipinski definition) is 1. The van der Waals surface area contributed by atoms with Crippen LogP contribution in [-0.2, 0) is 19.6 Å². The van der Waals surface area contributed by atoms with Crippen molar-refractivity contribution in [1.82, 2.24) is 4.72 Å². The van der Waals surface area contributed by atoms with Gasteiger partial charge in [-0.05, 0) is 18.6 Å². The molecule has 5 nitrogen and oxygen atoms in total. The van der Waals surface area contributed by atoms with Gasteiger partial charge in [0.2, 0.25) is 10.0 Å². The Morgan fingerprint density at radius 1 is 1.61 bits per heavy atom. The number of aryl methyl sites for hydroxylation is 1. The van der Waals surface area contributed by atoms with Crippen molar-refractivity contribution in [3.63, 3.8) is 0 Å². The first kappa shape index (κ1) is 15.7. The monoisotopic (exact) mass is 331 g/mol. The summed E-state index contributed by atoms with van der Waals surface area (Å²) < 4.78 is 30.8. The highest BCUT2D eigenvalue weighted by atomic mass is 35.5. The molecule has 0 saturated carbocycles. The first-order chi connectivity index (χ1) is 8.27. The smallest absolute Gasteiger partial charge is 0.325 e. The Balaban J connectivity index is 2.74. The van der Waals surface area contributed by atoms with Crippen molar-refractivity contribution in [1.29, 1.82) is 0 Å². The number of ether oxygens (including phenoxy) is 1. The van der Waals surface area contributed by atoms with Crippen LogP contribution in [0.4, 0.5) is 0 Å². The zero-order chi connectivity index (χ0) is 13.9. The first-order valence-corrected chi connectivity index (χ1v) is 7.87. The predicted octanol–water partition coefficient (Wildman–Crippen LogP) is 1.77. The van der Waals surface area contributed by atoms with Crippen LogP contribution in [0.2, 0.25) is 4.34 Å². The van der Waals surface area contributed by atoms with Crippen LogP contribution in [-0.4, -0.2) is 33.4 Å². The summed E-state index contributed by atoms with van der Waals surface area (Å²) in [5, 5.41) is -1.07. The van der Waals surface area contributed by atoms with Gasteiger partial charge in [-0.1, -0.05) is 11.6 Å². The average molecular weight is 332 g/mol. The summed E-state index contributed by atoms with van der Waals surface area (Å²) in [7, 11) is -2.53. The van der Waals surface area contributed by atoms with E-state index in [1.54, 1.807) is 6.92 Å². The summed E-state index contributed by atoms with van der Waals surface area (Å²) >= 11 is 12.4. The fraction of sp³-hybridized carbons (Fsp3) is 0.444. The van der Waals surface area contributed by atoms with E-state index >= 15 is 0 Å². The summed E-state index contributed by atoms with van der Waals surface area (Å²) in [6.45, 7) is 1.46. The number of halogens is 2. The molecule has 0 aliphatic rings. The van der Waals surface area contributed by atoms with E-state index < -0.39 is 21.4 Å². The molecule has 1 unspecified atom stereocenters. The van der Waals surface area contributed by atoms with Gasteiger partial charge in [0.25, 0.3) is 0 Å². The molecule has 0 fully saturated rings. The number of sulfonamides is 1. The number of thiophene rings is 1. The van der Waals surface area contributed by atoms with E-state index in [4.69, 9.17) is 23.2 Å². The molecule has 1 aromatic rings. The van der Waals surface area contributed by atoms with Crippen molar-refractivity contribution < 1.29 is 17.9 Å². The maximum Gasteiger partial charge on any atom is 0.325 e. The highest BCUT2D eigenvalue weighted by molar-refractivity contribution is 7.91. The fourth-order valence-corrected chi connectivity index (χ4v) is 4.09. The predicted molar refractivity (Wildman–Crippen MR) is 70.9 cm³/mol. The van der Waals surface area contributed by atoms with Gasteiger partial charge in [0.15, 0.2) is 0 Å². The van der Waals surface area contributed by atoms with Crippen molar-refractivity contribution in [3.8, 4) is 0 Å². The number of methoxy groups -OCH3 is 1. The molecule has 0 aliphatic heterocycles. The second kappa shape index (κ2) is 6.21. The van der Waals surface area contributed by atoms with Gasteiger partial charge in [0.05, 0.1) is 11.4 Å². The number of carbonyl (C=O) groups is 1. The average Bonchev–Trinajstić information content (AvgIpc) is 2.66. The Morgan fingerprint density at radius 3 is 2.67 bits per heavy atom. The highest BCUT2D eigenvalue weighted by Crippen LogP contribution is 2.29. The number of rotatable bonds is 5. The van der Waals surface area contributed by atoms with Crippen molar-refractivity contribution >= 4 is 50.5 Å². The number of nitrogens with one attached hydrogen (secondary N) is 1. The van der Waals surface area contributed by atoms with Crippen LogP contribution in [0.25, 0.3) is 0 Å². The van der Waals surface area contributed by atoms with Crippen LogP contribution in [0.1, 0.15) is 5.56 Å². The lowest BCUT2D eigenvalue weighted by molar-refractivity contribution is -0.140. The Bertz CT molecular complexity index is 521. The van der Waals surface area contributed by atoms with Gasteiger partial charge in [0.1, 0.15) is 9.59 Å². The molecule has 18 heavy (non-hydrogen) atoms. The zero-order valence-electron chi connectivity index (χ0n) is 9.57. The number of hydrogen-bond acceptors (Lipinski definition) is 5. The molecule has 0 amide bonds. The van der Waals surface area contributed by atoms with E-state index in [2.05, 4.69) is 9.46 Å². The molecule has 1 heterocycles. The summed E-state index contributed by atoms with van der Waals surface area (Å²) in [6, 6.07) is 1.46. The second-order valence-electron chi connectivity index (χ2n) is 3.36. The van der Waals surface area contributed by atoms with Crippen LogP contribution in [0.3, 0.4) is 0 Å². The maximum atomic E-state index is 11.8. The molecule has 0 radical (unpaired) electrons. The fourth-order valence-electron chi connectivity index (χ4n) is 1.03. The molecule has 102 valence electrons. The SMILES string of the molecule is COC(=O)C(Cl)CNS(=O)(=O)c1cc(C)c(Cl)s1. The van der Waals surface area contributed by atoms with Crippen LogP contribution >= 0.6 is 34.5 Å². The highest BCUT2D eigenvalue weighted by Gasteiger charge is 2.22. The molecule has 9 heteroatoms. The molecule has 1 atom stereocenters. The van der Waals surface area contributed by atoms with Crippen LogP contribution in [0.15, 0.2) is 10.3 Å². The van der Waals surface area contributed by atoms with E-state index in [9.17, 15) is 13.2 Å². The normalized spacial score (nSPS) is 13.3. The molecule has 1 N–H and O–H groups in total. The summed E-state index contributed by atoms with van der Waals surface area (Å²) in [5.74, 6) is -0.695. The first-order valence-electron chi connectivity index (χ1n) is 4.75. The quantitative estimate of drug-likeness (QED) is 0.659. The lowest BCUT2D eigenvalue weighted by atomic mass is 10.4. The van der Waals surface area contributed by atoms with Crippen molar-refractivity contribution in [2.75, 3.05) is 13.7 Å². The minimum Gasteiger partial charge on any atom is -0.468 e. The summed E-state index contributed by atoms with van der Waals surface area (Å²) in [6.07, 6.45) is 0. The third-order valence-corrected chi connectivity index (χ3v) is 5.79. The third-order valence-electron chi connectivity index (χ3n) is 2.01. The molecule has 0 aliphatic carbocycles. The topological polar surface area (TPSA) is 72.5 Å². The second-order valence-corrected chi connectivity index (χ2v) is 7.54. The van der Waals surface area contributed by atoms with E-state index in [-0.39, 0.29) is 10.8 Å². The molecule has 0 bridgehead atoms. The van der Waals surface area contributed by atoms with E-state index in [1.807, 2.05) is 0 Å².